The molecule has 30 rings (SSSR count). The van der Waals surface area contributed by atoms with Crippen LogP contribution in [0.4, 0.5) is 0 Å². The molecule has 0 fully saturated rings. The monoisotopic (exact) mass is 1910 g/mol. The van der Waals surface area contributed by atoms with Crippen LogP contribution in [0.25, 0.3) is 280 Å². The van der Waals surface area contributed by atoms with E-state index in [9.17, 15) is 0 Å². The van der Waals surface area contributed by atoms with Crippen LogP contribution >= 0.6 is 0 Å². The Balaban J connectivity index is 0.519. The summed E-state index contributed by atoms with van der Waals surface area (Å²) in [4.78, 5) is 11.2. The Hall–Kier alpha value is -18.2. The van der Waals surface area contributed by atoms with Gasteiger partial charge in [0, 0.05) is 115 Å². The van der Waals surface area contributed by atoms with Crippen LogP contribution in [0, 0.1) is 0 Å². The van der Waals surface area contributed by atoms with Crippen molar-refractivity contribution >= 4 is 209 Å². The van der Waals surface area contributed by atoms with Crippen molar-refractivity contribution in [3.05, 3.63) is 460 Å². The van der Waals surface area contributed by atoms with Gasteiger partial charge in [0.1, 0.15) is 34.0 Å². The lowest BCUT2D eigenvalue weighted by molar-refractivity contribution is 0.668. The summed E-state index contributed by atoms with van der Waals surface area (Å²) in [6.45, 7) is 14.7. The van der Waals surface area contributed by atoms with Crippen LogP contribution in [0.3, 0.4) is 0 Å². The molecular formula is C138H97N7O2Si. The normalized spacial score (nSPS) is 12.5. The van der Waals surface area contributed by atoms with E-state index in [1.807, 2.05) is 6.07 Å². The zero-order valence-electron chi connectivity index (χ0n) is 82.6. The summed E-state index contributed by atoms with van der Waals surface area (Å²) >= 11 is 0. The predicted molar refractivity (Wildman–Crippen MR) is 625 cm³/mol. The molecule has 30 aromatic rings. The van der Waals surface area contributed by atoms with Gasteiger partial charge in [0.25, 0.3) is 0 Å². The highest BCUT2D eigenvalue weighted by Crippen LogP contribution is 2.51. The maximum absolute atomic E-state index is 7.11. The molecule has 0 atom stereocenters. The zero-order valence-corrected chi connectivity index (χ0v) is 83.6. The molecule has 0 spiro atoms. The second kappa shape index (κ2) is 32.9. The van der Waals surface area contributed by atoms with Crippen LogP contribution in [-0.2, 0) is 6.42 Å². The molecule has 148 heavy (non-hydrogen) atoms. The average Bonchev–Trinajstić information content (AvgIpc) is 1.55. The summed E-state index contributed by atoms with van der Waals surface area (Å²) in [7, 11) is -1.97. The molecule has 0 aliphatic carbocycles. The van der Waals surface area contributed by atoms with Gasteiger partial charge < -0.3 is 22.5 Å². The third kappa shape index (κ3) is 12.9. The average molecular weight is 1910 g/mol. The fourth-order valence-corrected chi connectivity index (χ4v) is 33.3. The molecule has 10 heteroatoms. The van der Waals surface area contributed by atoms with E-state index >= 15 is 0 Å². The third-order valence-electron chi connectivity index (χ3n) is 32.9. The van der Waals surface area contributed by atoms with Gasteiger partial charge in [-0.2, -0.15) is 0 Å². The molecule has 9 nitrogen and oxygen atoms in total. The number of hydrogen-bond donors (Lipinski definition) is 0. The number of furan rings is 2. The van der Waals surface area contributed by atoms with E-state index in [-0.39, 0.29) is 0 Å². The lowest BCUT2D eigenvalue weighted by Gasteiger charge is -2.43. The van der Waals surface area contributed by atoms with Crippen molar-refractivity contribution in [2.75, 3.05) is 0 Å². The van der Waals surface area contributed by atoms with Crippen molar-refractivity contribution in [3.63, 3.8) is 0 Å². The van der Waals surface area contributed by atoms with Gasteiger partial charge in [-0.3, -0.25) is 9.13 Å². The molecule has 0 bridgehead atoms. The molecule has 0 N–H and O–H groups in total. The first-order valence-corrected chi connectivity index (χ1v) is 54.0. The second-order valence-corrected chi connectivity index (χ2v) is 47.5. The van der Waals surface area contributed by atoms with E-state index in [4.69, 9.17) is 18.8 Å². The summed E-state index contributed by atoms with van der Waals surface area (Å²) in [6.07, 6.45) is 2.79. The number of benzene rings is 21. The Morgan fingerprint density at radius 3 is 1.30 bits per heavy atom. The van der Waals surface area contributed by atoms with Gasteiger partial charge in [-0.15, -0.1) is 0 Å². The Morgan fingerprint density at radius 1 is 0.230 bits per heavy atom. The standard InChI is InChI=1S/C138H97N7O2Si/c1-82(2)148(83(3)4,84(5)6)100-56-58-120-96(71-100)54-67-135(140-120)144-127-61-50-91(93-52-65-132-115(74-93)106-37-20-24-43-131(106)146-132)76-117(127)136-108-38-15-13-32-101(108)110(80-130(136)144)95-46-57-107-116-75-94(53-66-133(116)147-134(107)78-95)92-51-62-128-118(77-92)137-111-70-86(44-45-88(111)47-63-129(137)145(128)138-109-39-16-14-33-102(109)119(81-139-138)87-27-9-7-10-28-87)68-85-26-25-31-98(69-85)142-122-41-22-17-34-103(122)112-72-89(48-59-124(112)142)90-49-60-125-113(73-90)104-35-18-23-42-123(104)143(125)99-55-64-126-114(79-99)105-36-19-21-40-121(105)141(126)97-29-11-8-12-30-97/h7-67,69-84H,68H2,1-6H3. The first-order chi connectivity index (χ1) is 72.8. The summed E-state index contributed by atoms with van der Waals surface area (Å²) in [5.41, 5.74) is 34.6. The Bertz CT molecular complexity index is 10900. The van der Waals surface area contributed by atoms with Crippen LogP contribution in [0.5, 0.6) is 0 Å². The highest BCUT2D eigenvalue weighted by molar-refractivity contribution is 6.95. The minimum absolute atomic E-state index is 0.580. The van der Waals surface area contributed by atoms with Crippen molar-refractivity contribution in [1.29, 1.82) is 0 Å². The van der Waals surface area contributed by atoms with Gasteiger partial charge in [0.05, 0.1) is 68.8 Å². The third-order valence-corrected chi connectivity index (χ3v) is 40.0. The summed E-state index contributed by atoms with van der Waals surface area (Å²) in [6, 6.07) is 165. The van der Waals surface area contributed by atoms with E-state index < -0.39 is 8.07 Å². The zero-order chi connectivity index (χ0) is 98.2. The molecule has 700 valence electrons. The van der Waals surface area contributed by atoms with Gasteiger partial charge in [0.15, 0.2) is 0 Å². The first kappa shape index (κ1) is 85.4. The lowest BCUT2D eigenvalue weighted by Crippen LogP contribution is -2.55. The number of pyridine rings is 2. The number of para-hydroxylation sites is 5. The van der Waals surface area contributed by atoms with Gasteiger partial charge in [-0.1, -0.05) is 308 Å². The topological polar surface area (TPSA) is 76.7 Å². The van der Waals surface area contributed by atoms with Gasteiger partial charge >= 0.3 is 0 Å². The van der Waals surface area contributed by atoms with E-state index in [2.05, 4.69) is 507 Å². The largest absolute Gasteiger partial charge is 0.456 e. The fraction of sp³-hybridized carbons (Fsp3) is 0.0725. The number of rotatable bonds is 16. The second-order valence-electron chi connectivity index (χ2n) is 41.6. The van der Waals surface area contributed by atoms with Crippen LogP contribution in [0.15, 0.2) is 458 Å². The summed E-state index contributed by atoms with van der Waals surface area (Å²) < 4.78 is 25.6. The Labute approximate surface area is 853 Å². The number of hydrogen-bond acceptors (Lipinski definition) is 4. The van der Waals surface area contributed by atoms with Crippen LogP contribution < -0.4 is 5.19 Å². The Kier molecular flexibility index (Phi) is 19.0. The maximum atomic E-state index is 7.11. The molecule has 0 radical (unpaired) electrons. The molecule has 9 aromatic heterocycles. The summed E-state index contributed by atoms with van der Waals surface area (Å²) in [5.74, 6) is 1.76. The highest BCUT2D eigenvalue weighted by atomic mass is 28.3. The van der Waals surface area contributed by atoms with Crippen molar-refractivity contribution in [3.8, 4) is 84.3 Å². The minimum atomic E-state index is -1.97. The first-order valence-electron chi connectivity index (χ1n) is 51.8. The molecule has 0 aliphatic heterocycles. The quantitative estimate of drug-likeness (QED) is 0.0903. The lowest BCUT2D eigenvalue weighted by atomic mass is 9.93. The molecule has 0 aliphatic rings. The molecule has 0 saturated carbocycles. The van der Waals surface area contributed by atoms with Crippen LogP contribution in [0.2, 0.25) is 16.6 Å². The molecule has 0 unspecified atom stereocenters. The van der Waals surface area contributed by atoms with Gasteiger partial charge in [0.2, 0.25) is 0 Å². The van der Waals surface area contributed by atoms with Crippen molar-refractivity contribution in [2.24, 2.45) is 0 Å². The van der Waals surface area contributed by atoms with Gasteiger partial charge in [-0.25, -0.2) is 9.97 Å². The predicted octanol–water partition coefficient (Wildman–Crippen LogP) is 37.2. The van der Waals surface area contributed by atoms with Crippen molar-refractivity contribution in [2.45, 2.75) is 64.6 Å². The molecule has 21 aromatic carbocycles. The summed E-state index contributed by atoms with van der Waals surface area (Å²) in [5, 5.41) is 25.9. The number of fused-ring (bicyclic) bond motifs is 27. The van der Waals surface area contributed by atoms with E-state index in [0.29, 0.717) is 16.6 Å². The number of nitrogens with zero attached hydrogens (tertiary/aromatic N) is 7. The maximum Gasteiger partial charge on any atom is 0.145 e. The van der Waals surface area contributed by atoms with Gasteiger partial charge in [-0.05, 0) is 293 Å². The van der Waals surface area contributed by atoms with E-state index in [0.717, 1.165) is 184 Å². The van der Waals surface area contributed by atoms with Crippen molar-refractivity contribution in [1.82, 2.24) is 32.8 Å². The molecule has 0 saturated heterocycles. The van der Waals surface area contributed by atoms with Crippen LogP contribution in [-0.4, -0.2) is 40.9 Å². The van der Waals surface area contributed by atoms with E-state index in [1.54, 1.807) is 0 Å². The van der Waals surface area contributed by atoms with E-state index in [1.165, 1.54) is 120 Å². The highest BCUT2D eigenvalue weighted by Gasteiger charge is 2.44. The number of aromatic nitrogens is 7. The van der Waals surface area contributed by atoms with Crippen molar-refractivity contribution < 1.29 is 8.83 Å². The smallest absolute Gasteiger partial charge is 0.145 e. The fourth-order valence-electron chi connectivity index (χ4n) is 26.5. The minimum Gasteiger partial charge on any atom is -0.456 e. The SMILES string of the molecule is CC(C)[Si](c1ccc2nc(-n3c4ccc(-c5ccc6oc7ccccc7c6c5)cc4c4c5ccccc5c(-c5ccc6c(c5)oc5ccc(-c7ccc8c(c7)c7c9cc(Cc%10cccc(-n%11c%12ccccc%12c%12cc(-c%13ccc%14c(c%13)c%13ccccc%13n%14-c%13ccc%14c(c%13)c%13ccccc%13n%14-c%13ccccc%13)ccc%12%11)c%10)ccc9ccc7n8-c7ncc(-c8ccccc8)c8ccccc78)cc56)cc43)ccc2c1)(C(C)C)C(C)C. The molecule has 9 heterocycles. The molecule has 0 amide bonds. The molecular weight excluding hydrogens is 1820 g/mol. The van der Waals surface area contributed by atoms with Crippen LogP contribution in [0.1, 0.15) is 52.7 Å². The Morgan fingerprint density at radius 2 is 0.669 bits per heavy atom.